The summed E-state index contributed by atoms with van der Waals surface area (Å²) in [5.74, 6) is 2.52. The summed E-state index contributed by atoms with van der Waals surface area (Å²) in [6.07, 6.45) is 5.10. The zero-order chi connectivity index (χ0) is 18.9. The number of hydrogen-bond donors (Lipinski definition) is 1. The molecule has 6 nitrogen and oxygen atoms in total. The zero-order valence-electron chi connectivity index (χ0n) is 15.4. The molecule has 0 aliphatic heterocycles. The minimum absolute atomic E-state index is 0.168. The van der Waals surface area contributed by atoms with Gasteiger partial charge in [0.2, 0.25) is 0 Å². The van der Waals surface area contributed by atoms with Gasteiger partial charge in [-0.15, -0.1) is 16.8 Å². The highest BCUT2D eigenvalue weighted by Gasteiger charge is 2.13. The Morgan fingerprint density at radius 3 is 2.85 bits per heavy atom. The summed E-state index contributed by atoms with van der Waals surface area (Å²) < 4.78 is 13.0. The lowest BCUT2D eigenvalue weighted by Gasteiger charge is -2.15. The Balaban J connectivity index is 1.91. The van der Waals surface area contributed by atoms with Crippen LogP contribution in [0.1, 0.15) is 18.3 Å². The van der Waals surface area contributed by atoms with Gasteiger partial charge in [-0.25, -0.2) is 0 Å². The molecule has 26 heavy (non-hydrogen) atoms. The fourth-order valence-corrected chi connectivity index (χ4v) is 3.21. The number of aromatic nitrogens is 3. The number of nitrogens with zero attached hydrogens (tertiary/aromatic N) is 3. The normalized spacial score (nSPS) is 12.3. The molecular weight excluding hydrogens is 350 g/mol. The predicted molar refractivity (Wildman–Crippen MR) is 105 cm³/mol. The van der Waals surface area contributed by atoms with Crippen LogP contribution in [0.15, 0.2) is 42.1 Å². The van der Waals surface area contributed by atoms with Gasteiger partial charge in [-0.3, -0.25) is 0 Å². The topological polar surface area (TPSA) is 69.4 Å². The number of hydrogen-bond acceptors (Lipinski definition) is 6. The number of allylic oxidation sites excluding steroid dienone is 2. The lowest BCUT2D eigenvalue weighted by molar-refractivity contribution is 0.124. The highest BCUT2D eigenvalue weighted by atomic mass is 32.2. The van der Waals surface area contributed by atoms with Gasteiger partial charge in [-0.2, -0.15) is 0 Å². The lowest BCUT2D eigenvalue weighted by Crippen LogP contribution is -2.20. The van der Waals surface area contributed by atoms with E-state index in [9.17, 15) is 5.11 Å². The van der Waals surface area contributed by atoms with Crippen LogP contribution in [0.2, 0.25) is 0 Å². The van der Waals surface area contributed by atoms with Crippen LogP contribution in [0.4, 0.5) is 0 Å². The number of methoxy groups -OCH3 is 1. The molecule has 1 N–H and O–H groups in total. The van der Waals surface area contributed by atoms with Crippen LogP contribution in [0.5, 0.6) is 11.5 Å². The molecule has 1 aromatic heterocycles. The molecule has 0 spiro atoms. The second kappa shape index (κ2) is 10.0. The largest absolute Gasteiger partial charge is 0.493 e. The number of thioether (sulfide) groups is 1. The van der Waals surface area contributed by atoms with E-state index in [-0.39, 0.29) is 6.61 Å². The maximum atomic E-state index is 10.2. The quantitative estimate of drug-likeness (QED) is 0.507. The average molecular weight is 375 g/mol. The van der Waals surface area contributed by atoms with Gasteiger partial charge in [0.15, 0.2) is 16.7 Å². The van der Waals surface area contributed by atoms with Crippen molar-refractivity contribution in [2.45, 2.75) is 31.7 Å². The third-order valence-corrected chi connectivity index (χ3v) is 4.71. The van der Waals surface area contributed by atoms with Crippen LogP contribution in [0.25, 0.3) is 6.08 Å². The van der Waals surface area contributed by atoms with Crippen molar-refractivity contribution in [1.82, 2.24) is 14.8 Å². The minimum atomic E-state index is -0.644. The van der Waals surface area contributed by atoms with Crippen LogP contribution >= 0.6 is 11.8 Å². The SMILES string of the molecule is C=CCn1c(C)nnc1SCC(O)COc1ccc(/C=C/C)cc1OC. The van der Waals surface area contributed by atoms with Gasteiger partial charge in [-0.1, -0.05) is 36.1 Å². The van der Waals surface area contributed by atoms with Gasteiger partial charge in [0.25, 0.3) is 0 Å². The van der Waals surface area contributed by atoms with E-state index < -0.39 is 6.10 Å². The Kier molecular flexibility index (Phi) is 7.74. The van der Waals surface area contributed by atoms with Crippen molar-refractivity contribution in [3.8, 4) is 11.5 Å². The second-order valence-electron chi connectivity index (χ2n) is 5.62. The van der Waals surface area contributed by atoms with Crippen molar-refractivity contribution < 1.29 is 14.6 Å². The molecule has 0 fully saturated rings. The first-order chi connectivity index (χ1) is 12.6. The van der Waals surface area contributed by atoms with Crippen molar-refractivity contribution in [3.63, 3.8) is 0 Å². The van der Waals surface area contributed by atoms with E-state index >= 15 is 0 Å². The van der Waals surface area contributed by atoms with Gasteiger partial charge in [-0.05, 0) is 31.5 Å². The Bertz CT molecular complexity index is 758. The summed E-state index contributed by atoms with van der Waals surface area (Å²) in [6, 6.07) is 5.69. The zero-order valence-corrected chi connectivity index (χ0v) is 16.2. The number of aliphatic hydroxyl groups is 1. The standard InChI is InChI=1S/C19H25N3O3S/c1-5-7-15-8-9-17(18(11-15)24-4)25-12-16(23)13-26-19-21-20-14(3)22(19)10-6-2/h5-9,11,16,23H,2,10,12-13H2,1,3-4H3/b7-5+. The van der Waals surface area contributed by atoms with E-state index in [1.165, 1.54) is 11.8 Å². The molecule has 140 valence electrons. The molecule has 1 aromatic carbocycles. The van der Waals surface area contributed by atoms with Crippen LogP contribution in [0.3, 0.4) is 0 Å². The Morgan fingerprint density at radius 1 is 1.35 bits per heavy atom. The maximum Gasteiger partial charge on any atom is 0.191 e. The number of aliphatic hydroxyl groups excluding tert-OH is 1. The average Bonchev–Trinajstić information content (AvgIpc) is 2.99. The number of aryl methyl sites for hydroxylation is 1. The van der Waals surface area contributed by atoms with E-state index in [1.807, 2.05) is 48.8 Å². The molecule has 1 atom stereocenters. The summed E-state index contributed by atoms with van der Waals surface area (Å²) in [4.78, 5) is 0. The Hall–Kier alpha value is -2.25. The van der Waals surface area contributed by atoms with E-state index in [0.29, 0.717) is 23.8 Å². The minimum Gasteiger partial charge on any atom is -0.493 e. The monoisotopic (exact) mass is 375 g/mol. The number of rotatable bonds is 10. The molecule has 0 bridgehead atoms. The molecule has 7 heteroatoms. The first-order valence-electron chi connectivity index (χ1n) is 8.34. The lowest BCUT2D eigenvalue weighted by atomic mass is 10.2. The highest BCUT2D eigenvalue weighted by molar-refractivity contribution is 7.99. The Morgan fingerprint density at radius 2 is 2.15 bits per heavy atom. The number of benzene rings is 1. The molecule has 0 saturated carbocycles. The Labute approximate surface area is 158 Å². The third kappa shape index (κ3) is 5.37. The van der Waals surface area contributed by atoms with Gasteiger partial charge < -0.3 is 19.1 Å². The molecule has 1 heterocycles. The molecule has 0 saturated heterocycles. The van der Waals surface area contributed by atoms with E-state index in [2.05, 4.69) is 16.8 Å². The summed E-state index contributed by atoms with van der Waals surface area (Å²) in [6.45, 7) is 8.40. The van der Waals surface area contributed by atoms with Crippen molar-refractivity contribution >= 4 is 17.8 Å². The van der Waals surface area contributed by atoms with Crippen molar-refractivity contribution in [2.75, 3.05) is 19.5 Å². The molecule has 2 aromatic rings. The first kappa shape index (κ1) is 20.1. The second-order valence-corrected chi connectivity index (χ2v) is 6.60. The molecule has 0 aliphatic carbocycles. The third-order valence-electron chi connectivity index (χ3n) is 3.60. The fraction of sp³-hybridized carbons (Fsp3) is 0.368. The van der Waals surface area contributed by atoms with Gasteiger partial charge in [0, 0.05) is 12.3 Å². The van der Waals surface area contributed by atoms with Crippen molar-refractivity contribution in [1.29, 1.82) is 0 Å². The summed E-state index contributed by atoms with van der Waals surface area (Å²) in [7, 11) is 1.60. The highest BCUT2D eigenvalue weighted by Crippen LogP contribution is 2.29. The maximum absolute atomic E-state index is 10.2. The van der Waals surface area contributed by atoms with Crippen LogP contribution in [-0.4, -0.2) is 45.4 Å². The molecule has 0 aliphatic rings. The molecule has 0 amide bonds. The summed E-state index contributed by atoms with van der Waals surface area (Å²) in [5.41, 5.74) is 1.03. The molecule has 2 rings (SSSR count). The molecule has 0 radical (unpaired) electrons. The predicted octanol–water partition coefficient (Wildman–Crippen LogP) is 3.35. The van der Waals surface area contributed by atoms with E-state index in [4.69, 9.17) is 9.47 Å². The fourth-order valence-electron chi connectivity index (χ4n) is 2.31. The summed E-state index contributed by atoms with van der Waals surface area (Å²) >= 11 is 1.44. The summed E-state index contributed by atoms with van der Waals surface area (Å²) in [5, 5.41) is 19.2. The van der Waals surface area contributed by atoms with Gasteiger partial charge >= 0.3 is 0 Å². The van der Waals surface area contributed by atoms with Crippen LogP contribution in [-0.2, 0) is 6.54 Å². The number of ether oxygens (including phenoxy) is 2. The van der Waals surface area contributed by atoms with Gasteiger partial charge in [0.1, 0.15) is 12.4 Å². The van der Waals surface area contributed by atoms with Crippen LogP contribution < -0.4 is 9.47 Å². The smallest absolute Gasteiger partial charge is 0.191 e. The van der Waals surface area contributed by atoms with Crippen molar-refractivity contribution in [2.24, 2.45) is 0 Å². The van der Waals surface area contributed by atoms with E-state index in [1.54, 1.807) is 13.2 Å². The first-order valence-corrected chi connectivity index (χ1v) is 9.32. The van der Waals surface area contributed by atoms with Crippen LogP contribution in [0, 0.1) is 6.92 Å². The van der Waals surface area contributed by atoms with E-state index in [0.717, 1.165) is 16.5 Å². The van der Waals surface area contributed by atoms with Crippen molar-refractivity contribution in [3.05, 3.63) is 48.3 Å². The molecular formula is C19H25N3O3S. The van der Waals surface area contributed by atoms with Gasteiger partial charge in [0.05, 0.1) is 13.2 Å². The molecule has 1 unspecified atom stereocenters.